The van der Waals surface area contributed by atoms with Crippen molar-refractivity contribution in [3.05, 3.63) is 88.3 Å². The van der Waals surface area contributed by atoms with Gasteiger partial charge in [-0.2, -0.15) is 0 Å². The van der Waals surface area contributed by atoms with Gasteiger partial charge in [-0.15, -0.1) is 13.2 Å². The third-order valence-electron chi connectivity index (χ3n) is 6.69. The number of methoxy groups -OCH3 is 1. The number of aromatic amines is 1. The Hall–Kier alpha value is -4.73. The van der Waals surface area contributed by atoms with Gasteiger partial charge >= 0.3 is 6.36 Å². The summed E-state index contributed by atoms with van der Waals surface area (Å²) < 4.78 is 55.2. The van der Waals surface area contributed by atoms with Crippen LogP contribution in [0.4, 0.5) is 13.2 Å². The smallest absolute Gasteiger partial charge is 0.493 e. The molecule has 1 saturated carbocycles. The van der Waals surface area contributed by atoms with E-state index in [0.717, 1.165) is 23.9 Å². The lowest BCUT2D eigenvalue weighted by Gasteiger charge is -2.13. The van der Waals surface area contributed by atoms with Gasteiger partial charge in [0, 0.05) is 5.56 Å². The molecule has 2 heterocycles. The fourth-order valence-electron chi connectivity index (χ4n) is 4.59. The number of H-pyrrole nitrogens is 1. The minimum atomic E-state index is -4.82. The van der Waals surface area contributed by atoms with Crippen LogP contribution in [0.1, 0.15) is 24.1 Å². The van der Waals surface area contributed by atoms with E-state index < -0.39 is 6.36 Å². The second-order valence-electron chi connectivity index (χ2n) is 9.52. The van der Waals surface area contributed by atoms with Crippen LogP contribution in [0.3, 0.4) is 0 Å². The Morgan fingerprint density at radius 3 is 2.52 bits per heavy atom. The number of nitrogens with zero attached hydrogens (tertiary/aromatic N) is 2. The molecule has 5 aromatic rings. The van der Waals surface area contributed by atoms with E-state index in [1.165, 1.54) is 28.7 Å². The summed E-state index contributed by atoms with van der Waals surface area (Å²) in [4.78, 5) is 21.8. The number of rotatable bonds is 8. The molecule has 10 heteroatoms. The standard InChI is InChI=1S/C30H24F3N3O4/c1-38-25-8-4-5-20(27(25)39-17-18-9-10-18)13-16-23-26(19-11-14-21(15-12-19)40-30(31,32)33)28(37)36-24-7-3-2-6-22(24)34-29(36)35-23/h2-8,11-16,18H,9-10,17H2,1H3,(H,34,35)/b16-13+. The molecule has 6 rings (SSSR count). The van der Waals surface area contributed by atoms with Crippen molar-refractivity contribution in [1.29, 1.82) is 0 Å². The van der Waals surface area contributed by atoms with E-state index in [0.29, 0.717) is 46.6 Å². The van der Waals surface area contributed by atoms with Gasteiger partial charge in [-0.05, 0) is 66.8 Å². The van der Waals surface area contributed by atoms with Gasteiger partial charge in [-0.3, -0.25) is 4.79 Å². The molecule has 7 nitrogen and oxygen atoms in total. The molecule has 1 aliphatic rings. The van der Waals surface area contributed by atoms with Crippen molar-refractivity contribution in [1.82, 2.24) is 14.4 Å². The number of aromatic nitrogens is 3. The number of nitrogens with one attached hydrogen (secondary N) is 1. The monoisotopic (exact) mass is 547 g/mol. The number of hydrogen-bond acceptors (Lipinski definition) is 5. The van der Waals surface area contributed by atoms with Crippen molar-refractivity contribution in [3.63, 3.8) is 0 Å². The number of hydrogen-bond donors (Lipinski definition) is 1. The predicted octanol–water partition coefficient (Wildman–Crippen LogP) is 6.71. The summed E-state index contributed by atoms with van der Waals surface area (Å²) in [6.45, 7) is 0.583. The minimum absolute atomic E-state index is 0.223. The van der Waals surface area contributed by atoms with Gasteiger partial charge in [0.1, 0.15) is 5.75 Å². The zero-order valence-electron chi connectivity index (χ0n) is 21.4. The number of ether oxygens (including phenoxy) is 3. The highest BCUT2D eigenvalue weighted by atomic mass is 19.4. The summed E-state index contributed by atoms with van der Waals surface area (Å²) in [5.74, 6) is 1.66. The van der Waals surface area contributed by atoms with E-state index in [9.17, 15) is 18.0 Å². The van der Waals surface area contributed by atoms with E-state index in [4.69, 9.17) is 14.5 Å². The van der Waals surface area contributed by atoms with Crippen LogP contribution in [0, 0.1) is 5.92 Å². The van der Waals surface area contributed by atoms with Gasteiger partial charge < -0.3 is 19.2 Å². The number of alkyl halides is 3. The van der Waals surface area contributed by atoms with Gasteiger partial charge in [-0.1, -0.05) is 36.4 Å². The first-order valence-electron chi connectivity index (χ1n) is 12.7. The molecule has 3 aromatic carbocycles. The number of halogens is 3. The van der Waals surface area contributed by atoms with Crippen molar-refractivity contribution < 1.29 is 27.4 Å². The molecule has 0 radical (unpaired) electrons. The first-order chi connectivity index (χ1) is 19.3. The van der Waals surface area contributed by atoms with Gasteiger partial charge in [-0.25, -0.2) is 9.38 Å². The average molecular weight is 548 g/mol. The topological polar surface area (TPSA) is 77.8 Å². The molecule has 204 valence electrons. The Morgan fingerprint density at radius 2 is 1.80 bits per heavy atom. The first-order valence-corrected chi connectivity index (χ1v) is 12.7. The Labute approximate surface area is 226 Å². The zero-order chi connectivity index (χ0) is 27.9. The summed E-state index contributed by atoms with van der Waals surface area (Å²) in [5, 5.41) is 0. The molecule has 2 aromatic heterocycles. The van der Waals surface area contributed by atoms with Crippen molar-refractivity contribution in [3.8, 4) is 28.4 Å². The molecule has 0 amide bonds. The van der Waals surface area contributed by atoms with E-state index in [-0.39, 0.29) is 16.9 Å². The molecule has 0 spiro atoms. The maximum absolute atomic E-state index is 13.9. The molecular formula is C30H24F3N3O4. The molecule has 1 fully saturated rings. The van der Waals surface area contributed by atoms with Gasteiger partial charge in [0.15, 0.2) is 11.5 Å². The maximum atomic E-state index is 13.9. The number of benzene rings is 3. The number of fused-ring (bicyclic) bond motifs is 3. The molecule has 0 atom stereocenters. The highest BCUT2D eigenvalue weighted by Crippen LogP contribution is 2.36. The molecule has 40 heavy (non-hydrogen) atoms. The van der Waals surface area contributed by atoms with Crippen LogP contribution < -0.4 is 19.8 Å². The Balaban J connectivity index is 1.49. The van der Waals surface area contributed by atoms with E-state index in [1.807, 2.05) is 36.4 Å². The van der Waals surface area contributed by atoms with Crippen molar-refractivity contribution in [2.24, 2.45) is 5.92 Å². The van der Waals surface area contributed by atoms with E-state index in [1.54, 1.807) is 25.3 Å². The Kier molecular flexibility index (Phi) is 6.45. The van der Waals surface area contributed by atoms with Gasteiger partial charge in [0.2, 0.25) is 5.78 Å². The predicted molar refractivity (Wildman–Crippen MR) is 146 cm³/mol. The van der Waals surface area contributed by atoms with Crippen molar-refractivity contribution >= 4 is 29.0 Å². The fourth-order valence-corrected chi connectivity index (χ4v) is 4.59. The van der Waals surface area contributed by atoms with E-state index in [2.05, 4.69) is 9.72 Å². The highest BCUT2D eigenvalue weighted by Gasteiger charge is 2.31. The van der Waals surface area contributed by atoms with Crippen molar-refractivity contribution in [2.75, 3.05) is 13.7 Å². The SMILES string of the molecule is COc1cccc(/C=C/c2nc3[nH]c4ccccc4n3c(=O)c2-c2ccc(OC(F)(F)F)cc2)c1OCC1CC1. The van der Waals surface area contributed by atoms with Crippen LogP contribution in [0.25, 0.3) is 40.1 Å². The highest BCUT2D eigenvalue weighted by molar-refractivity contribution is 5.84. The molecule has 0 aliphatic heterocycles. The van der Waals surface area contributed by atoms with Crippen LogP contribution in [0.5, 0.6) is 17.2 Å². The molecule has 1 N–H and O–H groups in total. The van der Waals surface area contributed by atoms with Crippen LogP contribution in [0.15, 0.2) is 71.5 Å². The van der Waals surface area contributed by atoms with Gasteiger partial charge in [0.25, 0.3) is 5.56 Å². The molecule has 0 bridgehead atoms. The Bertz CT molecular complexity index is 1790. The summed E-state index contributed by atoms with van der Waals surface area (Å²) in [7, 11) is 1.57. The van der Waals surface area contributed by atoms with Gasteiger partial charge in [0.05, 0.1) is 36.0 Å². The summed E-state index contributed by atoms with van der Waals surface area (Å²) in [5.41, 5.74) is 2.66. The molecule has 0 unspecified atom stereocenters. The van der Waals surface area contributed by atoms with Crippen molar-refractivity contribution in [2.45, 2.75) is 19.2 Å². The number of imidazole rings is 1. The van der Waals surface area contributed by atoms with Crippen LogP contribution >= 0.6 is 0 Å². The van der Waals surface area contributed by atoms with Crippen LogP contribution in [-0.2, 0) is 0 Å². The summed E-state index contributed by atoms with van der Waals surface area (Å²) in [6, 6.07) is 18.0. The number of para-hydroxylation sites is 3. The fraction of sp³-hybridized carbons (Fsp3) is 0.200. The normalized spacial score (nSPS) is 13.8. The second kappa shape index (κ2) is 10.1. The third kappa shape index (κ3) is 5.12. The summed E-state index contributed by atoms with van der Waals surface area (Å²) in [6.07, 6.45) is 0.927. The van der Waals surface area contributed by atoms with E-state index >= 15 is 0 Å². The maximum Gasteiger partial charge on any atom is 0.573 e. The first kappa shape index (κ1) is 25.5. The van der Waals surface area contributed by atoms with Crippen LogP contribution in [0.2, 0.25) is 0 Å². The largest absolute Gasteiger partial charge is 0.573 e. The lowest BCUT2D eigenvalue weighted by atomic mass is 10.0. The lowest BCUT2D eigenvalue weighted by Crippen LogP contribution is -2.18. The summed E-state index contributed by atoms with van der Waals surface area (Å²) >= 11 is 0. The minimum Gasteiger partial charge on any atom is -0.493 e. The quantitative estimate of drug-likeness (QED) is 0.234. The molecule has 1 aliphatic carbocycles. The lowest BCUT2D eigenvalue weighted by molar-refractivity contribution is -0.274. The average Bonchev–Trinajstić information content (AvgIpc) is 3.68. The molecular weight excluding hydrogens is 523 g/mol. The third-order valence-corrected chi connectivity index (χ3v) is 6.69. The Morgan fingerprint density at radius 1 is 1.02 bits per heavy atom. The van der Waals surface area contributed by atoms with Crippen LogP contribution in [-0.4, -0.2) is 34.4 Å². The molecule has 0 saturated heterocycles. The second-order valence-corrected chi connectivity index (χ2v) is 9.52. The zero-order valence-corrected chi connectivity index (χ0v) is 21.4.